The van der Waals surface area contributed by atoms with Crippen LogP contribution in [0.4, 0.5) is 0 Å². The third kappa shape index (κ3) is 3.63. The molecule has 6 nitrogen and oxygen atoms in total. The smallest absolute Gasteiger partial charge is 0.225 e. The molecule has 1 saturated carbocycles. The Kier molecular flexibility index (Phi) is 5.25. The summed E-state index contributed by atoms with van der Waals surface area (Å²) < 4.78 is 11.4. The molecular weight excluding hydrogens is 342 g/mol. The van der Waals surface area contributed by atoms with Crippen molar-refractivity contribution in [1.29, 1.82) is 0 Å². The van der Waals surface area contributed by atoms with Crippen LogP contribution in [-0.2, 0) is 16.0 Å². The molecule has 0 bridgehead atoms. The molecule has 0 spiro atoms. The number of pyridine rings is 1. The van der Waals surface area contributed by atoms with Crippen LogP contribution < -0.4 is 0 Å². The van der Waals surface area contributed by atoms with E-state index in [1.54, 1.807) is 0 Å². The Labute approximate surface area is 159 Å². The molecule has 1 aliphatic heterocycles. The van der Waals surface area contributed by atoms with Gasteiger partial charge in [0.25, 0.3) is 0 Å². The van der Waals surface area contributed by atoms with E-state index >= 15 is 0 Å². The predicted octanol–water partition coefficient (Wildman–Crippen LogP) is 3.70. The monoisotopic (exact) mass is 369 g/mol. The molecule has 2 aliphatic rings. The first kappa shape index (κ1) is 18.2. The summed E-state index contributed by atoms with van der Waals surface area (Å²) in [6, 6.07) is 5.95. The Hall–Kier alpha value is -2.21. The second-order valence-corrected chi connectivity index (χ2v) is 7.49. The van der Waals surface area contributed by atoms with Crippen LogP contribution in [-0.4, -0.2) is 40.6 Å². The summed E-state index contributed by atoms with van der Waals surface area (Å²) in [4.78, 5) is 19.6. The minimum Gasteiger partial charge on any atom is -0.368 e. The van der Waals surface area contributed by atoms with Crippen LogP contribution in [0.15, 0.2) is 22.7 Å². The van der Waals surface area contributed by atoms with Crippen molar-refractivity contribution >= 4 is 5.91 Å². The highest BCUT2D eigenvalue weighted by Crippen LogP contribution is 2.31. The molecule has 4 rings (SSSR count). The van der Waals surface area contributed by atoms with Crippen LogP contribution in [0.2, 0.25) is 0 Å². The molecule has 144 valence electrons. The van der Waals surface area contributed by atoms with E-state index in [2.05, 4.69) is 5.16 Å². The molecule has 0 N–H and O–H groups in total. The maximum atomic E-state index is 12.8. The van der Waals surface area contributed by atoms with Crippen molar-refractivity contribution in [3.8, 4) is 11.3 Å². The largest absolute Gasteiger partial charge is 0.368 e. The van der Waals surface area contributed by atoms with Gasteiger partial charge in [0.15, 0.2) is 0 Å². The lowest BCUT2D eigenvalue weighted by atomic mass is 10.0. The quantitative estimate of drug-likeness (QED) is 0.822. The van der Waals surface area contributed by atoms with Crippen molar-refractivity contribution in [1.82, 2.24) is 15.0 Å². The number of aryl methyl sites for hydroxylation is 2. The van der Waals surface area contributed by atoms with Gasteiger partial charge in [-0.3, -0.25) is 4.79 Å². The van der Waals surface area contributed by atoms with Gasteiger partial charge in [-0.05, 0) is 31.9 Å². The summed E-state index contributed by atoms with van der Waals surface area (Å²) in [6.45, 7) is 5.79. The SMILES string of the molecule is CCc1onc(C)c1-c1cccc([C@@H]2CN(C(=O)C3CCCC3)CCO2)n1. The predicted molar refractivity (Wildman–Crippen MR) is 101 cm³/mol. The molecular formula is C21H27N3O3. The fourth-order valence-corrected chi connectivity index (χ4v) is 4.22. The van der Waals surface area contributed by atoms with Gasteiger partial charge in [-0.1, -0.05) is 31.0 Å². The van der Waals surface area contributed by atoms with Gasteiger partial charge in [0.05, 0.1) is 35.8 Å². The summed E-state index contributed by atoms with van der Waals surface area (Å²) in [5.41, 5.74) is 3.53. The molecule has 2 aromatic rings. The van der Waals surface area contributed by atoms with E-state index in [1.165, 1.54) is 12.8 Å². The van der Waals surface area contributed by atoms with Gasteiger partial charge in [-0.2, -0.15) is 0 Å². The van der Waals surface area contributed by atoms with Gasteiger partial charge in [-0.25, -0.2) is 4.98 Å². The molecule has 1 amide bonds. The number of nitrogens with zero attached hydrogens (tertiary/aromatic N) is 3. The molecule has 6 heteroatoms. The summed E-state index contributed by atoms with van der Waals surface area (Å²) in [5.74, 6) is 1.34. The normalized spacial score (nSPS) is 21.0. The Balaban J connectivity index is 1.54. The average molecular weight is 369 g/mol. The lowest BCUT2D eigenvalue weighted by molar-refractivity contribution is -0.143. The molecule has 1 aliphatic carbocycles. The zero-order valence-corrected chi connectivity index (χ0v) is 16.1. The second-order valence-electron chi connectivity index (χ2n) is 7.49. The average Bonchev–Trinajstić information content (AvgIpc) is 3.37. The molecule has 0 radical (unpaired) electrons. The number of rotatable bonds is 4. The van der Waals surface area contributed by atoms with E-state index in [0.717, 1.165) is 47.7 Å². The Morgan fingerprint density at radius 3 is 2.89 bits per heavy atom. The summed E-state index contributed by atoms with van der Waals surface area (Å²) in [6.07, 6.45) is 4.99. The molecule has 3 heterocycles. The first-order valence-electron chi connectivity index (χ1n) is 10.00. The third-order valence-electron chi connectivity index (χ3n) is 5.69. The van der Waals surface area contributed by atoms with E-state index in [1.807, 2.05) is 36.9 Å². The molecule has 0 aromatic carbocycles. The highest BCUT2D eigenvalue weighted by atomic mass is 16.5. The summed E-state index contributed by atoms with van der Waals surface area (Å²) in [5, 5.41) is 4.09. The minimum atomic E-state index is -0.186. The lowest BCUT2D eigenvalue weighted by Crippen LogP contribution is -2.44. The van der Waals surface area contributed by atoms with Crippen molar-refractivity contribution in [3.05, 3.63) is 35.3 Å². The number of amides is 1. The number of aromatic nitrogens is 2. The highest BCUT2D eigenvalue weighted by Gasteiger charge is 2.32. The van der Waals surface area contributed by atoms with E-state index < -0.39 is 0 Å². The topological polar surface area (TPSA) is 68.5 Å². The van der Waals surface area contributed by atoms with Gasteiger partial charge in [0.1, 0.15) is 11.9 Å². The van der Waals surface area contributed by atoms with Crippen molar-refractivity contribution in [2.45, 2.75) is 52.1 Å². The third-order valence-corrected chi connectivity index (χ3v) is 5.69. The number of hydrogen-bond acceptors (Lipinski definition) is 5. The minimum absolute atomic E-state index is 0.186. The zero-order valence-electron chi connectivity index (χ0n) is 16.1. The maximum Gasteiger partial charge on any atom is 0.225 e. The Bertz CT molecular complexity index is 811. The molecule has 0 unspecified atom stereocenters. The van der Waals surface area contributed by atoms with Crippen LogP contribution in [0.5, 0.6) is 0 Å². The van der Waals surface area contributed by atoms with Gasteiger partial charge in [-0.15, -0.1) is 0 Å². The van der Waals surface area contributed by atoms with E-state index in [-0.39, 0.29) is 12.0 Å². The van der Waals surface area contributed by atoms with Crippen LogP contribution in [0.3, 0.4) is 0 Å². The van der Waals surface area contributed by atoms with E-state index in [0.29, 0.717) is 25.6 Å². The first-order valence-corrected chi connectivity index (χ1v) is 10.00. The van der Waals surface area contributed by atoms with E-state index in [9.17, 15) is 4.79 Å². The standard InChI is InChI=1S/C21H27N3O3/c1-3-18-20(14(2)23-27-18)17-10-6-9-16(22-17)19-13-24(11-12-26-19)21(25)15-7-4-5-8-15/h6,9-10,15,19H,3-5,7-8,11-13H2,1-2H3/t19-/m0/s1. The number of hydrogen-bond donors (Lipinski definition) is 0. The van der Waals surface area contributed by atoms with Crippen molar-refractivity contribution in [2.24, 2.45) is 5.92 Å². The molecule has 1 saturated heterocycles. The molecule has 27 heavy (non-hydrogen) atoms. The van der Waals surface area contributed by atoms with Gasteiger partial charge in [0.2, 0.25) is 5.91 Å². The van der Waals surface area contributed by atoms with Crippen LogP contribution >= 0.6 is 0 Å². The summed E-state index contributed by atoms with van der Waals surface area (Å²) >= 11 is 0. The number of ether oxygens (including phenoxy) is 1. The van der Waals surface area contributed by atoms with E-state index in [4.69, 9.17) is 14.2 Å². The fraction of sp³-hybridized carbons (Fsp3) is 0.571. The second kappa shape index (κ2) is 7.80. The lowest BCUT2D eigenvalue weighted by Gasteiger charge is -2.34. The van der Waals surface area contributed by atoms with Crippen molar-refractivity contribution in [3.63, 3.8) is 0 Å². The van der Waals surface area contributed by atoms with Crippen LogP contribution in [0.25, 0.3) is 11.3 Å². The van der Waals surface area contributed by atoms with Crippen molar-refractivity contribution in [2.75, 3.05) is 19.7 Å². The van der Waals surface area contributed by atoms with Gasteiger partial charge >= 0.3 is 0 Å². The zero-order chi connectivity index (χ0) is 18.8. The number of morpholine rings is 1. The molecule has 2 fully saturated rings. The highest BCUT2D eigenvalue weighted by molar-refractivity contribution is 5.79. The van der Waals surface area contributed by atoms with Gasteiger partial charge in [0, 0.05) is 18.9 Å². The molecule has 1 atom stereocenters. The van der Waals surface area contributed by atoms with Crippen LogP contribution in [0, 0.1) is 12.8 Å². The first-order chi connectivity index (χ1) is 13.2. The number of carbonyl (C=O) groups is 1. The fourth-order valence-electron chi connectivity index (χ4n) is 4.22. The number of carbonyl (C=O) groups excluding carboxylic acids is 1. The van der Waals surface area contributed by atoms with Crippen molar-refractivity contribution < 1.29 is 14.1 Å². The Morgan fingerprint density at radius 1 is 1.30 bits per heavy atom. The van der Waals surface area contributed by atoms with Gasteiger partial charge < -0.3 is 14.2 Å². The molecule has 2 aromatic heterocycles. The Morgan fingerprint density at radius 2 is 2.11 bits per heavy atom. The summed E-state index contributed by atoms with van der Waals surface area (Å²) in [7, 11) is 0. The maximum absolute atomic E-state index is 12.8. The van der Waals surface area contributed by atoms with Crippen LogP contribution in [0.1, 0.15) is 55.9 Å².